The maximum atomic E-state index is 12.1. The van der Waals surface area contributed by atoms with E-state index in [9.17, 15) is 4.79 Å². The van der Waals surface area contributed by atoms with E-state index in [1.54, 1.807) is 5.57 Å². The number of aliphatic imine (C=N–C) groups is 1. The molecule has 0 bridgehead atoms. The number of dihydropyridines is 1. The molecule has 1 aliphatic carbocycles. The number of carbonyl (C=O) groups is 1. The molecule has 23 heavy (non-hydrogen) atoms. The number of amides is 1. The van der Waals surface area contributed by atoms with Gasteiger partial charge in [-0.3, -0.25) is 9.79 Å². The molecule has 3 heteroatoms. The summed E-state index contributed by atoms with van der Waals surface area (Å²) in [6.45, 7) is 14.9. The van der Waals surface area contributed by atoms with Crippen molar-refractivity contribution in [3.05, 3.63) is 11.1 Å². The first-order valence-electron chi connectivity index (χ1n) is 9.23. The van der Waals surface area contributed by atoms with Crippen LogP contribution in [0.3, 0.4) is 0 Å². The molecule has 0 aromatic rings. The minimum absolute atomic E-state index is 0.153. The van der Waals surface area contributed by atoms with E-state index in [4.69, 9.17) is 0 Å². The molecule has 2 fully saturated rings. The van der Waals surface area contributed by atoms with Crippen LogP contribution >= 0.6 is 0 Å². The summed E-state index contributed by atoms with van der Waals surface area (Å²) in [7, 11) is 0. The Morgan fingerprint density at radius 3 is 2.61 bits per heavy atom. The normalized spacial score (nSPS) is 43.1. The van der Waals surface area contributed by atoms with Crippen molar-refractivity contribution in [2.24, 2.45) is 40.0 Å². The smallest absolute Gasteiger partial charge is 0.220 e. The molecule has 1 amide bonds. The van der Waals surface area contributed by atoms with Crippen LogP contribution in [0.5, 0.6) is 0 Å². The van der Waals surface area contributed by atoms with Crippen LogP contribution in [0.1, 0.15) is 54.4 Å². The second kappa shape index (κ2) is 5.75. The summed E-state index contributed by atoms with van der Waals surface area (Å²) in [5, 5.41) is 3.31. The van der Waals surface area contributed by atoms with Crippen LogP contribution in [-0.2, 0) is 4.79 Å². The van der Waals surface area contributed by atoms with Crippen molar-refractivity contribution in [2.75, 3.05) is 6.54 Å². The Labute approximate surface area is 141 Å². The number of hydrogen-bond donors (Lipinski definition) is 1. The molecular formula is C20H32N2O. The van der Waals surface area contributed by atoms with Crippen LogP contribution in [-0.4, -0.2) is 24.7 Å². The number of fused-ring (bicyclic) bond motifs is 1. The fourth-order valence-corrected chi connectivity index (χ4v) is 5.38. The minimum atomic E-state index is 0.153. The third-order valence-electron chi connectivity index (χ3n) is 7.20. The monoisotopic (exact) mass is 316 g/mol. The van der Waals surface area contributed by atoms with Crippen LogP contribution in [0.15, 0.2) is 16.1 Å². The summed E-state index contributed by atoms with van der Waals surface area (Å²) in [6.07, 6.45) is 3.99. The second-order valence-corrected chi connectivity index (χ2v) is 8.87. The Morgan fingerprint density at radius 1 is 1.26 bits per heavy atom. The van der Waals surface area contributed by atoms with Gasteiger partial charge in [0.25, 0.3) is 0 Å². The average molecular weight is 316 g/mol. The predicted octanol–water partition coefficient (Wildman–Crippen LogP) is 3.85. The van der Waals surface area contributed by atoms with E-state index in [0.717, 1.165) is 6.54 Å². The van der Waals surface area contributed by atoms with E-state index >= 15 is 0 Å². The van der Waals surface area contributed by atoms with Gasteiger partial charge in [-0.15, -0.1) is 0 Å². The van der Waals surface area contributed by atoms with Crippen molar-refractivity contribution in [3.63, 3.8) is 0 Å². The summed E-state index contributed by atoms with van der Waals surface area (Å²) in [5.74, 6) is 2.95. The van der Waals surface area contributed by atoms with E-state index < -0.39 is 0 Å². The van der Waals surface area contributed by atoms with Crippen LogP contribution in [0.25, 0.3) is 0 Å². The summed E-state index contributed by atoms with van der Waals surface area (Å²) >= 11 is 0. The molecule has 3 nitrogen and oxygen atoms in total. The van der Waals surface area contributed by atoms with E-state index in [-0.39, 0.29) is 11.3 Å². The molecule has 1 saturated carbocycles. The number of hydrogen-bond acceptors (Lipinski definition) is 2. The molecule has 1 N–H and O–H groups in total. The fourth-order valence-electron chi connectivity index (χ4n) is 5.38. The van der Waals surface area contributed by atoms with E-state index in [1.165, 1.54) is 12.0 Å². The molecule has 3 rings (SSSR count). The van der Waals surface area contributed by atoms with Crippen LogP contribution < -0.4 is 5.32 Å². The third-order valence-corrected chi connectivity index (χ3v) is 7.20. The Morgan fingerprint density at radius 2 is 1.96 bits per heavy atom. The summed E-state index contributed by atoms with van der Waals surface area (Å²) < 4.78 is 0. The molecule has 0 aromatic carbocycles. The lowest BCUT2D eigenvalue weighted by atomic mass is 9.70. The first-order valence-corrected chi connectivity index (χ1v) is 9.23. The third kappa shape index (κ3) is 2.66. The molecule has 2 aliphatic heterocycles. The highest BCUT2D eigenvalue weighted by molar-refractivity contribution is 5.80. The lowest BCUT2D eigenvalue weighted by molar-refractivity contribution is -0.120. The molecule has 0 aromatic heterocycles. The quantitative estimate of drug-likeness (QED) is 0.784. The standard InChI is InChI=1S/C20H32N2O/c1-11-9-21-10-12(2)18(11)15-7-13(3)20(5,6)19-16(14(15)4)8-17(23)22-19/h9,12-16,19H,7-8,10H2,1-6H3,(H,22,23). The van der Waals surface area contributed by atoms with Gasteiger partial charge in [-0.1, -0.05) is 40.2 Å². The summed E-state index contributed by atoms with van der Waals surface area (Å²) in [6, 6.07) is 0.318. The Balaban J connectivity index is 2.02. The SMILES string of the molecule is CC1=C(C2CC(C)C(C)(C)C3NC(=O)CC3C2C)C(C)CN=C1. The number of allylic oxidation sites excluding steroid dienone is 1. The first kappa shape index (κ1) is 16.7. The zero-order valence-electron chi connectivity index (χ0n) is 15.5. The van der Waals surface area contributed by atoms with Crippen molar-refractivity contribution in [3.8, 4) is 0 Å². The zero-order chi connectivity index (χ0) is 16.9. The van der Waals surface area contributed by atoms with Crippen molar-refractivity contribution in [1.29, 1.82) is 0 Å². The van der Waals surface area contributed by atoms with Gasteiger partial charge < -0.3 is 5.32 Å². The highest BCUT2D eigenvalue weighted by Crippen LogP contribution is 2.52. The highest BCUT2D eigenvalue weighted by atomic mass is 16.2. The minimum Gasteiger partial charge on any atom is -0.353 e. The lowest BCUT2D eigenvalue weighted by Gasteiger charge is -2.38. The maximum absolute atomic E-state index is 12.1. The zero-order valence-corrected chi connectivity index (χ0v) is 15.5. The van der Waals surface area contributed by atoms with Gasteiger partial charge in [0.2, 0.25) is 5.91 Å². The molecule has 128 valence electrons. The molecule has 2 heterocycles. The molecular weight excluding hydrogens is 284 g/mol. The topological polar surface area (TPSA) is 41.5 Å². The van der Waals surface area contributed by atoms with Gasteiger partial charge in [-0.25, -0.2) is 0 Å². The Hall–Kier alpha value is -1.12. The molecule has 0 radical (unpaired) electrons. The molecule has 0 spiro atoms. The van der Waals surface area contributed by atoms with Crippen LogP contribution in [0, 0.1) is 35.0 Å². The lowest BCUT2D eigenvalue weighted by Crippen LogP contribution is -2.45. The number of nitrogens with one attached hydrogen (secondary N) is 1. The Kier molecular flexibility index (Phi) is 4.18. The predicted molar refractivity (Wildman–Crippen MR) is 95.5 cm³/mol. The largest absolute Gasteiger partial charge is 0.353 e. The van der Waals surface area contributed by atoms with E-state index in [1.807, 2.05) is 0 Å². The number of nitrogens with zero attached hydrogens (tertiary/aromatic N) is 1. The molecule has 6 unspecified atom stereocenters. The van der Waals surface area contributed by atoms with Gasteiger partial charge >= 0.3 is 0 Å². The highest BCUT2D eigenvalue weighted by Gasteiger charge is 2.52. The van der Waals surface area contributed by atoms with Gasteiger partial charge in [0, 0.05) is 25.2 Å². The average Bonchev–Trinajstić information content (AvgIpc) is 2.85. The van der Waals surface area contributed by atoms with E-state index in [0.29, 0.717) is 42.1 Å². The maximum Gasteiger partial charge on any atom is 0.220 e. The van der Waals surface area contributed by atoms with Gasteiger partial charge in [0.05, 0.1) is 0 Å². The van der Waals surface area contributed by atoms with Gasteiger partial charge in [0.15, 0.2) is 0 Å². The second-order valence-electron chi connectivity index (χ2n) is 8.87. The van der Waals surface area contributed by atoms with Crippen molar-refractivity contribution < 1.29 is 4.79 Å². The number of carbonyl (C=O) groups excluding carboxylic acids is 1. The summed E-state index contributed by atoms with van der Waals surface area (Å²) in [5.41, 5.74) is 3.12. The fraction of sp³-hybridized carbons (Fsp3) is 0.800. The van der Waals surface area contributed by atoms with Crippen LogP contribution in [0.2, 0.25) is 0 Å². The van der Waals surface area contributed by atoms with Gasteiger partial charge in [0.1, 0.15) is 0 Å². The molecule has 1 saturated heterocycles. The van der Waals surface area contributed by atoms with Crippen molar-refractivity contribution in [2.45, 2.75) is 60.4 Å². The first-order chi connectivity index (χ1) is 10.7. The van der Waals surface area contributed by atoms with Crippen LogP contribution in [0.4, 0.5) is 0 Å². The van der Waals surface area contributed by atoms with E-state index in [2.05, 4.69) is 58.1 Å². The van der Waals surface area contributed by atoms with Crippen molar-refractivity contribution in [1.82, 2.24) is 5.32 Å². The van der Waals surface area contributed by atoms with Gasteiger partial charge in [-0.2, -0.15) is 0 Å². The van der Waals surface area contributed by atoms with Crippen molar-refractivity contribution >= 4 is 12.1 Å². The molecule has 6 atom stereocenters. The summed E-state index contributed by atoms with van der Waals surface area (Å²) in [4.78, 5) is 16.6. The molecule has 3 aliphatic rings. The van der Waals surface area contributed by atoms with Gasteiger partial charge in [-0.05, 0) is 53.9 Å². The Bertz CT molecular complexity index is 560. The number of rotatable bonds is 1.